The van der Waals surface area contributed by atoms with Crippen LogP contribution in [0.3, 0.4) is 0 Å². The third kappa shape index (κ3) is 1.71. The van der Waals surface area contributed by atoms with Gasteiger partial charge in [0.1, 0.15) is 12.2 Å². The Morgan fingerprint density at radius 2 is 2.00 bits per heavy atom. The Morgan fingerprint density at radius 1 is 1.19 bits per heavy atom. The van der Waals surface area contributed by atoms with Crippen LogP contribution in [0.5, 0.6) is 0 Å². The SMILES string of the molecule is C/C=C1/COCC2OC3(CCCCC3)OC12. The van der Waals surface area contributed by atoms with E-state index in [0.29, 0.717) is 13.2 Å². The van der Waals surface area contributed by atoms with Gasteiger partial charge in [0, 0.05) is 12.8 Å². The van der Waals surface area contributed by atoms with Crippen molar-refractivity contribution in [2.45, 2.75) is 57.0 Å². The second kappa shape index (κ2) is 4.13. The normalized spacial score (nSPS) is 40.2. The number of ether oxygens (including phenoxy) is 3. The molecule has 1 spiro atoms. The zero-order valence-corrected chi connectivity index (χ0v) is 9.91. The van der Waals surface area contributed by atoms with Gasteiger partial charge >= 0.3 is 0 Å². The molecule has 3 aliphatic rings. The molecule has 0 radical (unpaired) electrons. The van der Waals surface area contributed by atoms with Crippen molar-refractivity contribution >= 4 is 0 Å². The molecule has 2 aliphatic heterocycles. The Bertz CT molecular complexity index is 292. The first-order chi connectivity index (χ1) is 7.83. The summed E-state index contributed by atoms with van der Waals surface area (Å²) in [5.41, 5.74) is 1.25. The van der Waals surface area contributed by atoms with Crippen molar-refractivity contribution in [1.82, 2.24) is 0 Å². The van der Waals surface area contributed by atoms with E-state index in [4.69, 9.17) is 14.2 Å². The molecule has 3 nitrogen and oxygen atoms in total. The van der Waals surface area contributed by atoms with Gasteiger partial charge < -0.3 is 14.2 Å². The second-order valence-electron chi connectivity index (χ2n) is 5.04. The fourth-order valence-corrected chi connectivity index (χ4v) is 3.06. The van der Waals surface area contributed by atoms with E-state index in [9.17, 15) is 0 Å². The van der Waals surface area contributed by atoms with E-state index >= 15 is 0 Å². The summed E-state index contributed by atoms with van der Waals surface area (Å²) >= 11 is 0. The molecule has 0 N–H and O–H groups in total. The average molecular weight is 224 g/mol. The van der Waals surface area contributed by atoms with E-state index in [2.05, 4.69) is 13.0 Å². The van der Waals surface area contributed by atoms with E-state index in [1.54, 1.807) is 0 Å². The maximum atomic E-state index is 6.23. The molecule has 0 aromatic carbocycles. The Morgan fingerprint density at radius 3 is 2.75 bits per heavy atom. The van der Waals surface area contributed by atoms with Gasteiger partial charge in [-0.2, -0.15) is 0 Å². The Labute approximate surface area is 96.8 Å². The number of hydrogen-bond acceptors (Lipinski definition) is 3. The minimum Gasteiger partial charge on any atom is -0.374 e. The topological polar surface area (TPSA) is 27.7 Å². The van der Waals surface area contributed by atoms with Gasteiger partial charge in [0.25, 0.3) is 0 Å². The van der Waals surface area contributed by atoms with Gasteiger partial charge in [-0.05, 0) is 25.3 Å². The lowest BCUT2D eigenvalue weighted by Gasteiger charge is -2.31. The van der Waals surface area contributed by atoms with Crippen LogP contribution >= 0.6 is 0 Å². The molecule has 0 bridgehead atoms. The highest BCUT2D eigenvalue weighted by atomic mass is 16.8. The molecule has 1 aliphatic carbocycles. The van der Waals surface area contributed by atoms with Crippen LogP contribution in [-0.2, 0) is 14.2 Å². The number of fused-ring (bicyclic) bond motifs is 1. The summed E-state index contributed by atoms with van der Waals surface area (Å²) in [6, 6.07) is 0. The fourth-order valence-electron chi connectivity index (χ4n) is 3.06. The standard InChI is InChI=1S/C13H20O3/c1-2-10-8-14-9-11-12(10)16-13(15-11)6-4-3-5-7-13/h2,11-12H,3-9H2,1H3/b10-2-. The second-order valence-corrected chi connectivity index (χ2v) is 5.04. The Balaban J connectivity index is 1.78. The van der Waals surface area contributed by atoms with Gasteiger partial charge in [0.15, 0.2) is 5.79 Å². The van der Waals surface area contributed by atoms with E-state index in [1.807, 2.05) is 0 Å². The molecular weight excluding hydrogens is 204 g/mol. The van der Waals surface area contributed by atoms with E-state index in [-0.39, 0.29) is 18.0 Å². The zero-order valence-electron chi connectivity index (χ0n) is 9.91. The van der Waals surface area contributed by atoms with E-state index < -0.39 is 0 Å². The lowest BCUT2D eigenvalue weighted by molar-refractivity contribution is -0.192. The lowest BCUT2D eigenvalue weighted by atomic mass is 9.94. The van der Waals surface area contributed by atoms with E-state index in [1.165, 1.54) is 24.8 Å². The summed E-state index contributed by atoms with van der Waals surface area (Å²) in [7, 11) is 0. The third-order valence-corrected chi connectivity index (χ3v) is 3.95. The van der Waals surface area contributed by atoms with Crippen molar-refractivity contribution in [3.8, 4) is 0 Å². The number of allylic oxidation sites excluding steroid dienone is 1. The van der Waals surface area contributed by atoms with Crippen LogP contribution in [0.1, 0.15) is 39.0 Å². The highest BCUT2D eigenvalue weighted by Crippen LogP contribution is 2.43. The van der Waals surface area contributed by atoms with Gasteiger partial charge in [-0.15, -0.1) is 0 Å². The van der Waals surface area contributed by atoms with Crippen molar-refractivity contribution in [1.29, 1.82) is 0 Å². The molecule has 3 heteroatoms. The summed E-state index contributed by atoms with van der Waals surface area (Å²) < 4.78 is 17.9. The van der Waals surface area contributed by atoms with Crippen molar-refractivity contribution in [2.24, 2.45) is 0 Å². The molecule has 2 saturated heterocycles. The fraction of sp³-hybridized carbons (Fsp3) is 0.846. The first-order valence-electron chi connectivity index (χ1n) is 6.41. The molecule has 2 heterocycles. The largest absolute Gasteiger partial charge is 0.374 e. The molecule has 2 unspecified atom stereocenters. The van der Waals surface area contributed by atoms with Crippen LogP contribution in [0.4, 0.5) is 0 Å². The summed E-state index contributed by atoms with van der Waals surface area (Å²) in [6.07, 6.45) is 8.26. The molecule has 90 valence electrons. The van der Waals surface area contributed by atoms with Gasteiger partial charge in [-0.25, -0.2) is 0 Å². The molecular formula is C13H20O3. The zero-order chi connectivity index (χ0) is 11.0. The molecule has 1 saturated carbocycles. The average Bonchev–Trinajstić information content (AvgIpc) is 2.67. The van der Waals surface area contributed by atoms with Crippen LogP contribution in [0, 0.1) is 0 Å². The summed E-state index contributed by atoms with van der Waals surface area (Å²) in [6.45, 7) is 3.44. The Hall–Kier alpha value is -0.380. The van der Waals surface area contributed by atoms with Gasteiger partial charge in [0.05, 0.1) is 13.2 Å². The number of hydrogen-bond donors (Lipinski definition) is 0. The molecule has 0 aromatic rings. The molecule has 0 amide bonds. The molecule has 3 rings (SSSR count). The maximum Gasteiger partial charge on any atom is 0.169 e. The molecule has 3 fully saturated rings. The predicted octanol–water partition coefficient (Wildman–Crippen LogP) is 2.41. The van der Waals surface area contributed by atoms with Crippen LogP contribution < -0.4 is 0 Å². The summed E-state index contributed by atoms with van der Waals surface area (Å²) in [5, 5.41) is 0. The van der Waals surface area contributed by atoms with Gasteiger partial charge in [0.2, 0.25) is 0 Å². The smallest absolute Gasteiger partial charge is 0.169 e. The minimum atomic E-state index is -0.282. The quantitative estimate of drug-likeness (QED) is 0.591. The number of rotatable bonds is 0. The minimum absolute atomic E-state index is 0.123. The van der Waals surface area contributed by atoms with E-state index in [0.717, 1.165) is 12.8 Å². The summed E-state index contributed by atoms with van der Waals surface area (Å²) in [4.78, 5) is 0. The first-order valence-corrected chi connectivity index (χ1v) is 6.41. The van der Waals surface area contributed by atoms with Crippen LogP contribution in [0.15, 0.2) is 11.6 Å². The highest BCUT2D eigenvalue weighted by Gasteiger charge is 2.50. The lowest BCUT2D eigenvalue weighted by Crippen LogP contribution is -2.36. The van der Waals surface area contributed by atoms with Crippen molar-refractivity contribution in [3.05, 3.63) is 11.6 Å². The van der Waals surface area contributed by atoms with Crippen molar-refractivity contribution in [2.75, 3.05) is 13.2 Å². The van der Waals surface area contributed by atoms with Gasteiger partial charge in [-0.3, -0.25) is 0 Å². The monoisotopic (exact) mass is 224 g/mol. The third-order valence-electron chi connectivity index (χ3n) is 3.95. The predicted molar refractivity (Wildman–Crippen MR) is 60.1 cm³/mol. The molecule has 16 heavy (non-hydrogen) atoms. The van der Waals surface area contributed by atoms with Crippen LogP contribution in [0.2, 0.25) is 0 Å². The maximum absolute atomic E-state index is 6.23. The first kappa shape index (κ1) is 10.8. The Kier molecular flexibility index (Phi) is 2.78. The van der Waals surface area contributed by atoms with Crippen LogP contribution in [0.25, 0.3) is 0 Å². The summed E-state index contributed by atoms with van der Waals surface area (Å²) in [5.74, 6) is -0.282. The van der Waals surface area contributed by atoms with Crippen LogP contribution in [-0.4, -0.2) is 31.2 Å². The molecule has 0 aromatic heterocycles. The molecule has 2 atom stereocenters. The highest BCUT2D eigenvalue weighted by molar-refractivity contribution is 5.15. The van der Waals surface area contributed by atoms with Gasteiger partial charge in [-0.1, -0.05) is 12.5 Å². The van der Waals surface area contributed by atoms with Crippen molar-refractivity contribution in [3.63, 3.8) is 0 Å². The van der Waals surface area contributed by atoms with Crippen molar-refractivity contribution < 1.29 is 14.2 Å².